The molecule has 0 saturated heterocycles. The van der Waals surface area contributed by atoms with Gasteiger partial charge in [-0.3, -0.25) is 9.48 Å². The Hall–Kier alpha value is -1.78. The summed E-state index contributed by atoms with van der Waals surface area (Å²) in [6.07, 6.45) is 7.30. The zero-order valence-corrected chi connectivity index (χ0v) is 13.4. The third kappa shape index (κ3) is 4.09. The van der Waals surface area contributed by atoms with Crippen LogP contribution in [-0.2, 0) is 11.3 Å². The second kappa shape index (κ2) is 6.78. The van der Waals surface area contributed by atoms with Crippen LogP contribution in [0, 0.1) is 5.92 Å². The van der Waals surface area contributed by atoms with Crippen LogP contribution in [0.1, 0.15) is 40.0 Å². The van der Waals surface area contributed by atoms with Crippen molar-refractivity contribution in [2.45, 2.75) is 52.6 Å². The second-order valence-electron chi connectivity index (χ2n) is 6.10. The van der Waals surface area contributed by atoms with Gasteiger partial charge in [-0.05, 0) is 46.0 Å². The van der Waals surface area contributed by atoms with Crippen molar-refractivity contribution in [1.29, 1.82) is 0 Å². The van der Waals surface area contributed by atoms with Crippen LogP contribution in [0.25, 0.3) is 0 Å². The smallest absolute Gasteiger partial charge is 0.241 e. The van der Waals surface area contributed by atoms with Crippen LogP contribution in [0.3, 0.4) is 0 Å². The van der Waals surface area contributed by atoms with Gasteiger partial charge in [-0.25, -0.2) is 0 Å². The predicted molar refractivity (Wildman–Crippen MR) is 85.1 cm³/mol. The Balaban J connectivity index is 1.91. The van der Waals surface area contributed by atoms with Gasteiger partial charge in [0.2, 0.25) is 5.91 Å². The predicted octanol–water partition coefficient (Wildman–Crippen LogP) is 2.57. The van der Waals surface area contributed by atoms with Crippen molar-refractivity contribution in [2.75, 3.05) is 12.4 Å². The lowest BCUT2D eigenvalue weighted by atomic mass is 9.81. The third-order valence-electron chi connectivity index (χ3n) is 4.51. The standard InChI is InChI=1S/C16H26N4O/c1-11-5-6-14(7-12(11)2)13(3)19-15-8-18-20(9-15)10-16(21)17-4/h8-9,13-14,19H,5-7,10H2,1-4H3,(H,17,21). The Kier molecular flexibility index (Phi) is 5.04. The van der Waals surface area contributed by atoms with E-state index in [0.29, 0.717) is 12.0 Å². The Morgan fingerprint density at radius 3 is 2.90 bits per heavy atom. The van der Waals surface area contributed by atoms with Gasteiger partial charge in [0, 0.05) is 19.3 Å². The first kappa shape index (κ1) is 15.6. The zero-order valence-electron chi connectivity index (χ0n) is 13.4. The quantitative estimate of drug-likeness (QED) is 0.819. The van der Waals surface area contributed by atoms with Crippen LogP contribution in [0.2, 0.25) is 0 Å². The summed E-state index contributed by atoms with van der Waals surface area (Å²) >= 11 is 0. The van der Waals surface area contributed by atoms with Crippen LogP contribution in [0.4, 0.5) is 5.69 Å². The molecule has 2 unspecified atom stereocenters. The monoisotopic (exact) mass is 290 g/mol. The lowest BCUT2D eigenvalue weighted by molar-refractivity contribution is -0.121. The summed E-state index contributed by atoms with van der Waals surface area (Å²) < 4.78 is 1.66. The lowest BCUT2D eigenvalue weighted by Gasteiger charge is -2.30. The molecule has 0 fully saturated rings. The first-order chi connectivity index (χ1) is 9.99. The number of rotatable bonds is 5. The van der Waals surface area contributed by atoms with Gasteiger partial charge in [-0.2, -0.15) is 5.10 Å². The van der Waals surface area contributed by atoms with Gasteiger partial charge in [0.25, 0.3) is 0 Å². The molecule has 0 bridgehead atoms. The number of likely N-dealkylation sites (N-methyl/N-ethyl adjacent to an activating group) is 1. The minimum absolute atomic E-state index is 0.0405. The van der Waals surface area contributed by atoms with E-state index in [1.165, 1.54) is 24.8 Å². The number of hydrogen-bond acceptors (Lipinski definition) is 3. The highest BCUT2D eigenvalue weighted by Gasteiger charge is 2.22. The maximum Gasteiger partial charge on any atom is 0.241 e. The van der Waals surface area contributed by atoms with Crippen molar-refractivity contribution in [1.82, 2.24) is 15.1 Å². The number of carbonyl (C=O) groups excluding carboxylic acids is 1. The molecule has 5 heteroatoms. The second-order valence-corrected chi connectivity index (χ2v) is 6.10. The summed E-state index contributed by atoms with van der Waals surface area (Å²) in [6.45, 7) is 6.98. The van der Waals surface area contributed by atoms with E-state index in [2.05, 4.69) is 36.5 Å². The van der Waals surface area contributed by atoms with E-state index in [1.807, 2.05) is 6.20 Å². The van der Waals surface area contributed by atoms with Gasteiger partial charge >= 0.3 is 0 Å². The maximum atomic E-state index is 11.3. The Morgan fingerprint density at radius 1 is 1.48 bits per heavy atom. The van der Waals surface area contributed by atoms with Crippen LogP contribution in [0.5, 0.6) is 0 Å². The molecule has 116 valence electrons. The molecule has 1 amide bonds. The first-order valence-corrected chi connectivity index (χ1v) is 7.64. The fraction of sp³-hybridized carbons (Fsp3) is 0.625. The summed E-state index contributed by atoms with van der Waals surface area (Å²) in [5, 5.41) is 10.3. The molecule has 0 radical (unpaired) electrons. The van der Waals surface area contributed by atoms with Crippen molar-refractivity contribution in [3.05, 3.63) is 23.5 Å². The summed E-state index contributed by atoms with van der Waals surface area (Å²) in [4.78, 5) is 11.3. The number of nitrogens with one attached hydrogen (secondary N) is 2. The van der Waals surface area contributed by atoms with Crippen molar-refractivity contribution < 1.29 is 4.79 Å². The SMILES string of the molecule is CNC(=O)Cn1cc(NC(C)C2CCC(C)=C(C)C2)cn1. The number of amides is 1. The number of aromatic nitrogens is 2. The highest BCUT2D eigenvalue weighted by Crippen LogP contribution is 2.31. The van der Waals surface area contributed by atoms with Crippen molar-refractivity contribution in [2.24, 2.45) is 5.92 Å². The Labute approximate surface area is 126 Å². The molecule has 1 aliphatic rings. The van der Waals surface area contributed by atoms with E-state index in [9.17, 15) is 4.79 Å². The fourth-order valence-electron chi connectivity index (χ4n) is 2.84. The fourth-order valence-corrected chi connectivity index (χ4v) is 2.84. The molecule has 0 aromatic carbocycles. The first-order valence-electron chi connectivity index (χ1n) is 7.64. The molecule has 1 aromatic heterocycles. The third-order valence-corrected chi connectivity index (χ3v) is 4.51. The molecule has 2 N–H and O–H groups in total. The number of anilines is 1. The van der Waals surface area contributed by atoms with Crippen molar-refractivity contribution >= 4 is 11.6 Å². The number of hydrogen-bond donors (Lipinski definition) is 2. The molecule has 2 rings (SSSR count). The zero-order chi connectivity index (χ0) is 15.4. The molecule has 0 saturated carbocycles. The minimum atomic E-state index is -0.0405. The molecule has 1 heterocycles. The average molecular weight is 290 g/mol. The molecular weight excluding hydrogens is 264 g/mol. The minimum Gasteiger partial charge on any atom is -0.380 e. The van der Waals surface area contributed by atoms with Crippen LogP contribution >= 0.6 is 0 Å². The average Bonchev–Trinajstić information content (AvgIpc) is 2.88. The van der Waals surface area contributed by atoms with Gasteiger partial charge in [0.1, 0.15) is 6.54 Å². The molecule has 1 aliphatic carbocycles. The maximum absolute atomic E-state index is 11.3. The normalized spacial score (nSPS) is 20.3. The van der Waals surface area contributed by atoms with E-state index in [0.717, 1.165) is 5.69 Å². The van der Waals surface area contributed by atoms with E-state index >= 15 is 0 Å². The lowest BCUT2D eigenvalue weighted by Crippen LogP contribution is -2.28. The van der Waals surface area contributed by atoms with E-state index in [4.69, 9.17) is 0 Å². The summed E-state index contributed by atoms with van der Waals surface area (Å²) in [7, 11) is 1.63. The number of nitrogens with zero attached hydrogens (tertiary/aromatic N) is 2. The molecule has 1 aromatic rings. The highest BCUT2D eigenvalue weighted by molar-refractivity contribution is 5.75. The Morgan fingerprint density at radius 2 is 2.24 bits per heavy atom. The van der Waals surface area contributed by atoms with Gasteiger partial charge in [0.05, 0.1) is 11.9 Å². The summed E-state index contributed by atoms with van der Waals surface area (Å²) in [5.41, 5.74) is 4.07. The summed E-state index contributed by atoms with van der Waals surface area (Å²) in [5.74, 6) is 0.622. The van der Waals surface area contributed by atoms with Crippen molar-refractivity contribution in [3.63, 3.8) is 0 Å². The van der Waals surface area contributed by atoms with E-state index in [-0.39, 0.29) is 12.5 Å². The molecule has 0 spiro atoms. The molecular formula is C16H26N4O. The largest absolute Gasteiger partial charge is 0.380 e. The van der Waals surface area contributed by atoms with Crippen molar-refractivity contribution in [3.8, 4) is 0 Å². The van der Waals surface area contributed by atoms with Crippen LogP contribution in [0.15, 0.2) is 23.5 Å². The molecule has 0 aliphatic heterocycles. The number of allylic oxidation sites excluding steroid dienone is 2. The van der Waals surface area contributed by atoms with Gasteiger partial charge in [-0.15, -0.1) is 0 Å². The summed E-state index contributed by atoms with van der Waals surface area (Å²) in [6, 6.07) is 0.408. The molecule has 5 nitrogen and oxygen atoms in total. The number of carbonyl (C=O) groups is 1. The van der Waals surface area contributed by atoms with Gasteiger partial charge in [0.15, 0.2) is 0 Å². The molecule has 2 atom stereocenters. The van der Waals surface area contributed by atoms with Gasteiger partial charge < -0.3 is 10.6 Å². The topological polar surface area (TPSA) is 59.0 Å². The van der Waals surface area contributed by atoms with Crippen LogP contribution in [-0.4, -0.2) is 28.8 Å². The van der Waals surface area contributed by atoms with Crippen LogP contribution < -0.4 is 10.6 Å². The molecule has 21 heavy (non-hydrogen) atoms. The highest BCUT2D eigenvalue weighted by atomic mass is 16.1. The van der Waals surface area contributed by atoms with Gasteiger partial charge in [-0.1, -0.05) is 11.1 Å². The van der Waals surface area contributed by atoms with E-state index in [1.54, 1.807) is 23.5 Å². The Bertz CT molecular complexity index is 532. The van der Waals surface area contributed by atoms with E-state index < -0.39 is 0 Å².